The van der Waals surface area contributed by atoms with Gasteiger partial charge in [-0.3, -0.25) is 9.59 Å². The molecule has 0 spiro atoms. The van der Waals surface area contributed by atoms with Crippen LogP contribution in [-0.2, 0) is 16.1 Å². The van der Waals surface area contributed by atoms with Gasteiger partial charge in [0.25, 0.3) is 5.91 Å². The van der Waals surface area contributed by atoms with Crippen LogP contribution in [0.15, 0.2) is 42.5 Å². The number of carbonyl (C=O) groups is 3. The third-order valence-corrected chi connectivity index (χ3v) is 4.74. The monoisotopic (exact) mass is 396 g/mol. The summed E-state index contributed by atoms with van der Waals surface area (Å²) >= 11 is 0. The van der Waals surface area contributed by atoms with Crippen LogP contribution in [0, 0.1) is 19.3 Å². The van der Waals surface area contributed by atoms with E-state index in [9.17, 15) is 19.5 Å². The Hall–Kier alpha value is -3.15. The zero-order valence-corrected chi connectivity index (χ0v) is 17.5. The van der Waals surface area contributed by atoms with Crippen molar-refractivity contribution < 1.29 is 19.5 Å². The standard InChI is InChI=1S/C23H28N2O4/c1-14-6-9-18(12-15(14)2)19(21(27)28)25-20(26)17-10-7-16(8-11-17)13-24-22(29)23(3,4)5/h6-12,19H,13H2,1-5H3,(H,24,29)(H,25,26)(H,27,28). The first-order valence-electron chi connectivity index (χ1n) is 9.47. The second-order valence-corrected chi connectivity index (χ2v) is 8.22. The quantitative estimate of drug-likeness (QED) is 0.696. The number of amides is 2. The molecule has 6 heteroatoms. The van der Waals surface area contributed by atoms with Crippen molar-refractivity contribution in [3.63, 3.8) is 0 Å². The summed E-state index contributed by atoms with van der Waals surface area (Å²) in [7, 11) is 0. The van der Waals surface area contributed by atoms with Crippen molar-refractivity contribution in [2.24, 2.45) is 5.41 Å². The Bertz CT molecular complexity index is 911. The smallest absolute Gasteiger partial charge is 0.330 e. The average molecular weight is 396 g/mol. The highest BCUT2D eigenvalue weighted by atomic mass is 16.4. The van der Waals surface area contributed by atoms with Crippen LogP contribution in [0.1, 0.15) is 59.4 Å². The van der Waals surface area contributed by atoms with Crippen LogP contribution in [0.25, 0.3) is 0 Å². The molecule has 2 rings (SSSR count). The second kappa shape index (κ2) is 8.90. The fourth-order valence-electron chi connectivity index (χ4n) is 2.67. The lowest BCUT2D eigenvalue weighted by atomic mass is 9.95. The van der Waals surface area contributed by atoms with Crippen molar-refractivity contribution >= 4 is 17.8 Å². The molecule has 6 nitrogen and oxygen atoms in total. The molecule has 0 fully saturated rings. The summed E-state index contributed by atoms with van der Waals surface area (Å²) in [5.41, 5.74) is 3.27. The van der Waals surface area contributed by atoms with Crippen LogP contribution >= 0.6 is 0 Å². The summed E-state index contributed by atoms with van der Waals surface area (Å²) in [6.45, 7) is 9.71. The lowest BCUT2D eigenvalue weighted by molar-refractivity contribution is -0.139. The fourth-order valence-corrected chi connectivity index (χ4v) is 2.67. The van der Waals surface area contributed by atoms with E-state index < -0.39 is 23.3 Å². The van der Waals surface area contributed by atoms with E-state index in [1.54, 1.807) is 36.4 Å². The molecule has 0 aliphatic heterocycles. The first kappa shape index (κ1) is 22.1. The largest absolute Gasteiger partial charge is 0.479 e. The van der Waals surface area contributed by atoms with Crippen molar-refractivity contribution in [1.82, 2.24) is 10.6 Å². The van der Waals surface area contributed by atoms with Crippen LogP contribution in [0.4, 0.5) is 0 Å². The number of hydrogen-bond acceptors (Lipinski definition) is 3. The molecule has 0 saturated carbocycles. The number of carboxylic acids is 1. The van der Waals surface area contributed by atoms with Gasteiger partial charge in [0.05, 0.1) is 0 Å². The maximum Gasteiger partial charge on any atom is 0.330 e. The third-order valence-electron chi connectivity index (χ3n) is 4.74. The van der Waals surface area contributed by atoms with Crippen molar-refractivity contribution in [2.45, 2.75) is 47.2 Å². The minimum Gasteiger partial charge on any atom is -0.479 e. The van der Waals surface area contributed by atoms with Gasteiger partial charge in [0.15, 0.2) is 6.04 Å². The summed E-state index contributed by atoms with van der Waals surface area (Å²) in [6.07, 6.45) is 0. The second-order valence-electron chi connectivity index (χ2n) is 8.22. The molecule has 154 valence electrons. The highest BCUT2D eigenvalue weighted by Gasteiger charge is 2.23. The maximum absolute atomic E-state index is 12.5. The molecule has 29 heavy (non-hydrogen) atoms. The van der Waals surface area contributed by atoms with Crippen LogP contribution in [0.2, 0.25) is 0 Å². The zero-order chi connectivity index (χ0) is 21.8. The van der Waals surface area contributed by atoms with Crippen LogP contribution < -0.4 is 10.6 Å². The highest BCUT2D eigenvalue weighted by molar-refractivity contribution is 5.96. The Kier molecular flexibility index (Phi) is 6.80. The number of nitrogens with one attached hydrogen (secondary N) is 2. The molecule has 2 aromatic rings. The van der Waals surface area contributed by atoms with Gasteiger partial charge < -0.3 is 15.7 Å². The maximum atomic E-state index is 12.5. The molecule has 1 unspecified atom stereocenters. The normalized spacial score (nSPS) is 12.2. The van der Waals surface area contributed by atoms with Crippen molar-refractivity contribution in [3.8, 4) is 0 Å². The summed E-state index contributed by atoms with van der Waals surface area (Å²) in [5, 5.41) is 15.0. The number of aryl methyl sites for hydroxylation is 2. The summed E-state index contributed by atoms with van der Waals surface area (Å²) in [5.74, 6) is -1.65. The number of carboxylic acid groups (broad SMARTS) is 1. The number of rotatable bonds is 6. The van der Waals surface area contributed by atoms with Gasteiger partial charge in [0.1, 0.15) is 0 Å². The number of hydrogen-bond donors (Lipinski definition) is 3. The molecule has 1 atom stereocenters. The van der Waals surface area contributed by atoms with E-state index >= 15 is 0 Å². The molecule has 0 saturated heterocycles. The predicted molar refractivity (Wildman–Crippen MR) is 112 cm³/mol. The minimum atomic E-state index is -1.13. The van der Waals surface area contributed by atoms with E-state index in [4.69, 9.17) is 0 Å². The van der Waals surface area contributed by atoms with Gasteiger partial charge in [0, 0.05) is 17.5 Å². The number of benzene rings is 2. The van der Waals surface area contributed by atoms with Gasteiger partial charge in [-0.1, -0.05) is 51.1 Å². The van der Waals surface area contributed by atoms with E-state index in [0.29, 0.717) is 17.7 Å². The first-order valence-corrected chi connectivity index (χ1v) is 9.47. The van der Waals surface area contributed by atoms with Gasteiger partial charge >= 0.3 is 5.97 Å². The fraction of sp³-hybridized carbons (Fsp3) is 0.348. The molecule has 0 aliphatic rings. The molecule has 3 N–H and O–H groups in total. The SMILES string of the molecule is Cc1ccc(C(NC(=O)c2ccc(CNC(=O)C(C)(C)C)cc2)C(=O)O)cc1C. The topological polar surface area (TPSA) is 95.5 Å². The van der Waals surface area contributed by atoms with Gasteiger partial charge in [-0.2, -0.15) is 0 Å². The first-order chi connectivity index (χ1) is 13.5. The van der Waals surface area contributed by atoms with E-state index in [2.05, 4.69) is 10.6 Å². The predicted octanol–water partition coefficient (Wildman–Crippen LogP) is 3.52. The highest BCUT2D eigenvalue weighted by Crippen LogP contribution is 2.19. The van der Waals surface area contributed by atoms with Crippen LogP contribution in [0.3, 0.4) is 0 Å². The minimum absolute atomic E-state index is 0.0583. The van der Waals surface area contributed by atoms with Crippen molar-refractivity contribution in [3.05, 3.63) is 70.3 Å². The molecular formula is C23H28N2O4. The lowest BCUT2D eigenvalue weighted by Gasteiger charge is -2.18. The molecule has 0 radical (unpaired) electrons. The summed E-state index contributed by atoms with van der Waals surface area (Å²) in [6, 6.07) is 10.9. The van der Waals surface area contributed by atoms with E-state index in [0.717, 1.165) is 16.7 Å². The molecule has 0 bridgehead atoms. The Morgan fingerprint density at radius 3 is 2.10 bits per heavy atom. The van der Waals surface area contributed by atoms with E-state index in [-0.39, 0.29) is 5.91 Å². The molecule has 0 heterocycles. The van der Waals surface area contributed by atoms with E-state index in [1.165, 1.54) is 0 Å². The Balaban J connectivity index is 2.07. The molecule has 0 aromatic heterocycles. The summed E-state index contributed by atoms with van der Waals surface area (Å²) < 4.78 is 0. The van der Waals surface area contributed by atoms with E-state index in [1.807, 2.05) is 40.7 Å². The Morgan fingerprint density at radius 2 is 1.59 bits per heavy atom. The van der Waals surface area contributed by atoms with Crippen LogP contribution in [-0.4, -0.2) is 22.9 Å². The molecule has 2 amide bonds. The van der Waals surface area contributed by atoms with Gasteiger partial charge in [-0.25, -0.2) is 4.79 Å². The number of aliphatic carboxylic acids is 1. The average Bonchev–Trinajstić information content (AvgIpc) is 2.65. The van der Waals surface area contributed by atoms with Crippen molar-refractivity contribution in [1.29, 1.82) is 0 Å². The van der Waals surface area contributed by atoms with Gasteiger partial charge in [0.2, 0.25) is 5.91 Å². The Morgan fingerprint density at radius 1 is 0.966 bits per heavy atom. The zero-order valence-electron chi connectivity index (χ0n) is 17.5. The Labute approximate surface area is 171 Å². The number of carbonyl (C=O) groups excluding carboxylic acids is 2. The van der Waals surface area contributed by atoms with Crippen LogP contribution in [0.5, 0.6) is 0 Å². The van der Waals surface area contributed by atoms with Crippen molar-refractivity contribution in [2.75, 3.05) is 0 Å². The summed E-state index contributed by atoms with van der Waals surface area (Å²) in [4.78, 5) is 36.2. The van der Waals surface area contributed by atoms with Gasteiger partial charge in [-0.15, -0.1) is 0 Å². The van der Waals surface area contributed by atoms with Gasteiger partial charge in [-0.05, 0) is 48.2 Å². The molecular weight excluding hydrogens is 368 g/mol. The molecule has 2 aromatic carbocycles. The molecule has 0 aliphatic carbocycles. The lowest BCUT2D eigenvalue weighted by Crippen LogP contribution is -2.34. The third kappa shape index (κ3) is 5.91.